The van der Waals surface area contributed by atoms with Crippen LogP contribution in [0.3, 0.4) is 0 Å². The molecule has 0 heterocycles. The van der Waals surface area contributed by atoms with E-state index in [1.165, 1.54) is 0 Å². The van der Waals surface area contributed by atoms with E-state index >= 15 is 0 Å². The van der Waals surface area contributed by atoms with Gasteiger partial charge < -0.3 is 5.32 Å². The van der Waals surface area contributed by atoms with Gasteiger partial charge in [-0.1, -0.05) is 0 Å². The Labute approximate surface area is 108 Å². The Kier molecular flexibility index (Phi) is 5.79. The molecule has 0 aliphatic rings. The van der Waals surface area contributed by atoms with Gasteiger partial charge in [0.2, 0.25) is 0 Å². The Morgan fingerprint density at radius 3 is 2.59 bits per heavy atom. The second-order valence-corrected chi connectivity index (χ2v) is 4.31. The lowest BCUT2D eigenvalue weighted by Gasteiger charge is -2.12. The summed E-state index contributed by atoms with van der Waals surface area (Å²) in [5, 5.41) is 5.89. The first-order valence-corrected chi connectivity index (χ1v) is 6.59. The quantitative estimate of drug-likeness (QED) is 0.388. The number of hydrogen-bond acceptors (Lipinski definition) is 4. The van der Waals surface area contributed by atoms with Crippen LogP contribution in [0.15, 0.2) is 34.4 Å². The van der Waals surface area contributed by atoms with E-state index in [2.05, 4.69) is 10.6 Å². The Hall–Kier alpha value is -1.27. The minimum absolute atomic E-state index is 0.0831. The third-order valence-electron chi connectivity index (χ3n) is 1.97. The van der Waals surface area contributed by atoms with Gasteiger partial charge in [-0.05, 0) is 30.5 Å². The first-order chi connectivity index (χ1) is 8.21. The first kappa shape index (κ1) is 13.8. The van der Waals surface area contributed by atoms with Gasteiger partial charge in [-0.2, -0.15) is 5.01 Å². The summed E-state index contributed by atoms with van der Waals surface area (Å²) in [6.45, 7) is 0.0831. The number of nitroso groups, excluding NO2 is 1. The fourth-order valence-corrected chi connectivity index (χ4v) is 1.69. The van der Waals surface area contributed by atoms with Crippen molar-refractivity contribution in [3.8, 4) is 0 Å². The minimum atomic E-state index is -0.586. The van der Waals surface area contributed by atoms with Crippen LogP contribution in [0.25, 0.3) is 0 Å². The predicted molar refractivity (Wildman–Crippen MR) is 70.5 cm³/mol. The molecule has 5 nitrogen and oxygen atoms in total. The van der Waals surface area contributed by atoms with Crippen LogP contribution in [0.4, 0.5) is 10.5 Å². The molecule has 0 spiro atoms. The van der Waals surface area contributed by atoms with Crippen molar-refractivity contribution in [3.63, 3.8) is 0 Å². The smallest absolute Gasteiger partial charge is 0.306 e. The molecule has 1 aromatic rings. The topological polar surface area (TPSA) is 61.8 Å². The zero-order valence-corrected chi connectivity index (χ0v) is 10.8. The molecule has 0 saturated heterocycles. The molecular formula is C10H12ClN3O2S. The molecule has 0 aliphatic heterocycles. The summed E-state index contributed by atoms with van der Waals surface area (Å²) in [7, 11) is 0. The average molecular weight is 274 g/mol. The molecule has 0 aliphatic carbocycles. The van der Waals surface area contributed by atoms with Gasteiger partial charge in [-0.15, -0.1) is 28.3 Å². The molecule has 1 N–H and O–H groups in total. The van der Waals surface area contributed by atoms with Gasteiger partial charge in [0, 0.05) is 16.5 Å². The van der Waals surface area contributed by atoms with E-state index in [9.17, 15) is 9.70 Å². The molecule has 2 amide bonds. The number of nitrogens with zero attached hydrogens (tertiary/aromatic N) is 2. The summed E-state index contributed by atoms with van der Waals surface area (Å²) in [5.41, 5.74) is 0.607. The highest BCUT2D eigenvalue weighted by Gasteiger charge is 2.13. The molecule has 0 fully saturated rings. The van der Waals surface area contributed by atoms with Crippen LogP contribution < -0.4 is 5.32 Å². The van der Waals surface area contributed by atoms with Gasteiger partial charge in [0.1, 0.15) is 0 Å². The molecule has 0 aromatic heterocycles. The summed E-state index contributed by atoms with van der Waals surface area (Å²) in [6, 6.07) is 6.68. The van der Waals surface area contributed by atoms with E-state index in [1.807, 2.05) is 18.4 Å². The SMILES string of the molecule is CSc1ccc(NC(=O)N(CCCl)N=O)cc1. The Morgan fingerprint density at radius 1 is 1.47 bits per heavy atom. The number of rotatable bonds is 5. The number of nitrogens with one attached hydrogen (secondary N) is 1. The van der Waals surface area contributed by atoms with Crippen LogP contribution in [0.2, 0.25) is 0 Å². The van der Waals surface area contributed by atoms with E-state index in [0.29, 0.717) is 5.69 Å². The normalized spacial score (nSPS) is 9.76. The van der Waals surface area contributed by atoms with E-state index in [4.69, 9.17) is 11.6 Å². The van der Waals surface area contributed by atoms with Crippen molar-refractivity contribution in [2.45, 2.75) is 4.90 Å². The van der Waals surface area contributed by atoms with Gasteiger partial charge in [-0.25, -0.2) is 4.79 Å². The fourth-order valence-electron chi connectivity index (χ4n) is 1.12. The molecule has 7 heteroatoms. The zero-order valence-electron chi connectivity index (χ0n) is 9.22. The number of halogens is 1. The predicted octanol–water partition coefficient (Wildman–Crippen LogP) is 3.16. The summed E-state index contributed by atoms with van der Waals surface area (Å²) in [6.07, 6.45) is 1.96. The summed E-state index contributed by atoms with van der Waals surface area (Å²) >= 11 is 7.04. The second-order valence-electron chi connectivity index (χ2n) is 3.05. The summed E-state index contributed by atoms with van der Waals surface area (Å²) in [5.74, 6) is 0.157. The number of hydrogen-bond donors (Lipinski definition) is 1. The lowest BCUT2D eigenvalue weighted by molar-refractivity contribution is 0.216. The van der Waals surface area contributed by atoms with Crippen LogP contribution >= 0.6 is 23.4 Å². The van der Waals surface area contributed by atoms with Crippen LogP contribution in [-0.2, 0) is 0 Å². The number of thioether (sulfide) groups is 1. The number of amides is 2. The second kappa shape index (κ2) is 7.13. The molecule has 0 saturated carbocycles. The number of urea groups is 1. The van der Waals surface area contributed by atoms with Gasteiger partial charge >= 0.3 is 6.03 Å². The Balaban J connectivity index is 2.63. The van der Waals surface area contributed by atoms with Gasteiger partial charge in [0.05, 0.1) is 11.8 Å². The standard InChI is InChI=1S/C10H12ClN3O2S/c1-17-9-4-2-8(3-5-9)12-10(15)14(13-16)7-6-11/h2-5H,6-7H2,1H3,(H,12,15). The summed E-state index contributed by atoms with van der Waals surface area (Å²) in [4.78, 5) is 23.0. The molecule has 17 heavy (non-hydrogen) atoms. The Bertz CT molecular complexity index is 386. The van der Waals surface area contributed by atoms with Gasteiger partial charge in [0.15, 0.2) is 0 Å². The van der Waals surface area contributed by atoms with Crippen LogP contribution in [-0.4, -0.2) is 29.7 Å². The van der Waals surface area contributed by atoms with Crippen molar-refractivity contribution >= 4 is 35.1 Å². The van der Waals surface area contributed by atoms with Crippen LogP contribution in [0.1, 0.15) is 0 Å². The van der Waals surface area contributed by atoms with Crippen molar-refractivity contribution in [1.29, 1.82) is 0 Å². The van der Waals surface area contributed by atoms with Crippen LogP contribution in [0, 0.1) is 4.91 Å². The third-order valence-corrected chi connectivity index (χ3v) is 2.88. The Morgan fingerprint density at radius 2 is 2.12 bits per heavy atom. The maximum absolute atomic E-state index is 11.5. The van der Waals surface area contributed by atoms with Crippen LogP contribution in [0.5, 0.6) is 0 Å². The molecule has 0 bridgehead atoms. The fraction of sp³-hybridized carbons (Fsp3) is 0.300. The number of carbonyl (C=O) groups excluding carboxylic acids is 1. The van der Waals surface area contributed by atoms with Crippen molar-refractivity contribution in [2.24, 2.45) is 5.29 Å². The van der Waals surface area contributed by atoms with E-state index in [1.54, 1.807) is 23.9 Å². The monoisotopic (exact) mass is 273 g/mol. The number of alkyl halides is 1. The third kappa shape index (κ3) is 4.24. The maximum atomic E-state index is 11.5. The highest BCUT2D eigenvalue weighted by molar-refractivity contribution is 7.98. The molecule has 1 rings (SSSR count). The highest BCUT2D eigenvalue weighted by Crippen LogP contribution is 2.17. The van der Waals surface area contributed by atoms with Gasteiger partial charge in [0.25, 0.3) is 0 Å². The molecular weight excluding hydrogens is 262 g/mol. The maximum Gasteiger partial charge on any atom is 0.344 e. The molecule has 92 valence electrons. The van der Waals surface area contributed by atoms with Crippen molar-refractivity contribution in [1.82, 2.24) is 5.01 Å². The lowest BCUT2D eigenvalue weighted by atomic mass is 10.3. The molecule has 0 atom stereocenters. The minimum Gasteiger partial charge on any atom is -0.306 e. The average Bonchev–Trinajstić information content (AvgIpc) is 2.36. The summed E-state index contributed by atoms with van der Waals surface area (Å²) < 4.78 is 0. The number of anilines is 1. The van der Waals surface area contributed by atoms with Crippen molar-refractivity contribution in [3.05, 3.63) is 29.2 Å². The molecule has 1 aromatic carbocycles. The highest BCUT2D eigenvalue weighted by atomic mass is 35.5. The van der Waals surface area contributed by atoms with Gasteiger partial charge in [-0.3, -0.25) is 0 Å². The largest absolute Gasteiger partial charge is 0.344 e. The molecule has 0 radical (unpaired) electrons. The number of carbonyl (C=O) groups is 1. The zero-order chi connectivity index (χ0) is 12.7. The van der Waals surface area contributed by atoms with E-state index in [-0.39, 0.29) is 12.4 Å². The number of benzene rings is 1. The van der Waals surface area contributed by atoms with Crippen molar-refractivity contribution in [2.75, 3.05) is 24.0 Å². The molecule has 0 unspecified atom stereocenters. The van der Waals surface area contributed by atoms with E-state index in [0.717, 1.165) is 9.90 Å². The lowest BCUT2D eigenvalue weighted by Crippen LogP contribution is -2.31. The van der Waals surface area contributed by atoms with Crippen molar-refractivity contribution < 1.29 is 4.79 Å². The van der Waals surface area contributed by atoms with E-state index < -0.39 is 6.03 Å². The first-order valence-electron chi connectivity index (χ1n) is 4.83.